The summed E-state index contributed by atoms with van der Waals surface area (Å²) in [5, 5.41) is 14.0. The van der Waals surface area contributed by atoms with Crippen LogP contribution in [0.3, 0.4) is 0 Å². The number of benzene rings is 2. The molecule has 1 unspecified atom stereocenters. The maximum absolute atomic E-state index is 12.3. The molecule has 6 heteroatoms. The van der Waals surface area contributed by atoms with Gasteiger partial charge in [0.2, 0.25) is 5.91 Å². The SMILES string of the molecule is Cc1ccc(CNC(=O)C(Cc2cccc(N)c2)NC(=O)O)cc1. The molecule has 0 aliphatic carbocycles. The van der Waals surface area contributed by atoms with Crippen molar-refractivity contribution in [1.82, 2.24) is 10.6 Å². The number of rotatable bonds is 6. The van der Waals surface area contributed by atoms with Crippen molar-refractivity contribution in [1.29, 1.82) is 0 Å². The average Bonchev–Trinajstić information content (AvgIpc) is 2.53. The van der Waals surface area contributed by atoms with Crippen LogP contribution in [0, 0.1) is 6.92 Å². The zero-order chi connectivity index (χ0) is 17.5. The van der Waals surface area contributed by atoms with E-state index in [0.717, 1.165) is 16.7 Å². The molecule has 0 bridgehead atoms. The number of hydrogen-bond acceptors (Lipinski definition) is 3. The van der Waals surface area contributed by atoms with Gasteiger partial charge in [0.05, 0.1) is 0 Å². The van der Waals surface area contributed by atoms with Crippen LogP contribution in [0.25, 0.3) is 0 Å². The molecule has 2 rings (SSSR count). The Balaban J connectivity index is 2.01. The number of carbonyl (C=O) groups excluding carboxylic acids is 1. The van der Waals surface area contributed by atoms with Crippen molar-refractivity contribution in [3.05, 3.63) is 65.2 Å². The molecule has 24 heavy (non-hydrogen) atoms. The summed E-state index contributed by atoms with van der Waals surface area (Å²) in [5.74, 6) is -0.375. The van der Waals surface area contributed by atoms with Gasteiger partial charge in [-0.25, -0.2) is 4.79 Å². The maximum atomic E-state index is 12.3. The van der Waals surface area contributed by atoms with Crippen molar-refractivity contribution >= 4 is 17.7 Å². The molecule has 0 fully saturated rings. The summed E-state index contributed by atoms with van der Waals surface area (Å²) >= 11 is 0. The number of hydrogen-bond donors (Lipinski definition) is 4. The van der Waals surface area contributed by atoms with Crippen molar-refractivity contribution < 1.29 is 14.7 Å². The van der Waals surface area contributed by atoms with E-state index in [1.807, 2.05) is 31.2 Å². The molecule has 0 aliphatic rings. The monoisotopic (exact) mass is 327 g/mol. The third-order valence-electron chi connectivity index (χ3n) is 3.59. The molecule has 6 nitrogen and oxygen atoms in total. The predicted octanol–water partition coefficient (Wildman–Crippen LogP) is 2.07. The number of nitrogens with one attached hydrogen (secondary N) is 2. The van der Waals surface area contributed by atoms with Crippen molar-refractivity contribution in [2.45, 2.75) is 25.9 Å². The lowest BCUT2D eigenvalue weighted by atomic mass is 10.0. The van der Waals surface area contributed by atoms with Crippen LogP contribution in [0.1, 0.15) is 16.7 Å². The lowest BCUT2D eigenvalue weighted by molar-refractivity contribution is -0.123. The molecule has 0 saturated carbocycles. The van der Waals surface area contributed by atoms with E-state index < -0.39 is 12.1 Å². The number of carbonyl (C=O) groups is 2. The summed E-state index contributed by atoms with van der Waals surface area (Å²) in [5.41, 5.74) is 9.17. The van der Waals surface area contributed by atoms with Gasteiger partial charge < -0.3 is 21.5 Å². The highest BCUT2D eigenvalue weighted by molar-refractivity contribution is 5.85. The molecule has 126 valence electrons. The van der Waals surface area contributed by atoms with E-state index in [4.69, 9.17) is 10.8 Å². The zero-order valence-corrected chi connectivity index (χ0v) is 13.5. The summed E-state index contributed by atoms with van der Waals surface area (Å²) in [6.45, 7) is 2.33. The van der Waals surface area contributed by atoms with Crippen molar-refractivity contribution in [3.63, 3.8) is 0 Å². The minimum atomic E-state index is -1.24. The Kier molecular flexibility index (Phi) is 5.78. The first-order valence-corrected chi connectivity index (χ1v) is 7.61. The largest absolute Gasteiger partial charge is 0.465 e. The summed E-state index contributed by atoms with van der Waals surface area (Å²) in [6.07, 6.45) is -1.01. The first kappa shape index (κ1) is 17.3. The Labute approximate surface area is 140 Å². The van der Waals surface area contributed by atoms with Crippen molar-refractivity contribution in [2.24, 2.45) is 0 Å². The number of aryl methyl sites for hydroxylation is 1. The van der Waals surface area contributed by atoms with Crippen LogP contribution in [0.4, 0.5) is 10.5 Å². The topological polar surface area (TPSA) is 104 Å². The minimum Gasteiger partial charge on any atom is -0.465 e. The Hall–Kier alpha value is -3.02. The smallest absolute Gasteiger partial charge is 0.405 e. The van der Waals surface area contributed by atoms with Crippen LogP contribution >= 0.6 is 0 Å². The third-order valence-corrected chi connectivity index (χ3v) is 3.59. The number of nitrogen functional groups attached to an aromatic ring is 1. The minimum absolute atomic E-state index is 0.233. The molecule has 0 radical (unpaired) electrons. The average molecular weight is 327 g/mol. The molecule has 0 aromatic heterocycles. The van der Waals surface area contributed by atoms with Crippen molar-refractivity contribution in [3.8, 4) is 0 Å². The fourth-order valence-electron chi connectivity index (χ4n) is 2.33. The molecule has 2 amide bonds. The van der Waals surface area contributed by atoms with E-state index in [1.54, 1.807) is 24.3 Å². The molecule has 0 aliphatic heterocycles. The zero-order valence-electron chi connectivity index (χ0n) is 13.5. The molecule has 0 saturated heterocycles. The van der Waals surface area contributed by atoms with Gasteiger partial charge in [0.1, 0.15) is 6.04 Å². The Morgan fingerprint density at radius 3 is 2.46 bits per heavy atom. The fraction of sp³-hybridized carbons (Fsp3) is 0.222. The highest BCUT2D eigenvalue weighted by Crippen LogP contribution is 2.10. The van der Waals surface area contributed by atoms with Gasteiger partial charge in [-0.05, 0) is 30.2 Å². The summed E-state index contributed by atoms with van der Waals surface area (Å²) in [7, 11) is 0. The van der Waals surface area contributed by atoms with Crippen molar-refractivity contribution in [2.75, 3.05) is 5.73 Å². The lowest BCUT2D eigenvalue weighted by Crippen LogP contribution is -2.47. The van der Waals surface area contributed by atoms with Gasteiger partial charge in [-0.3, -0.25) is 4.79 Å². The van der Waals surface area contributed by atoms with E-state index in [9.17, 15) is 9.59 Å². The summed E-state index contributed by atoms with van der Waals surface area (Å²) in [4.78, 5) is 23.3. The molecule has 0 spiro atoms. The van der Waals surface area contributed by atoms with E-state index >= 15 is 0 Å². The number of nitrogens with two attached hydrogens (primary N) is 1. The number of carboxylic acid groups (broad SMARTS) is 1. The summed E-state index contributed by atoms with van der Waals surface area (Å²) < 4.78 is 0. The second-order valence-electron chi connectivity index (χ2n) is 5.65. The van der Waals surface area contributed by atoms with Gasteiger partial charge in [-0.1, -0.05) is 42.0 Å². The normalized spacial score (nSPS) is 11.5. The van der Waals surface area contributed by atoms with Crippen LogP contribution < -0.4 is 16.4 Å². The Morgan fingerprint density at radius 1 is 1.12 bits per heavy atom. The molecular formula is C18H21N3O3. The van der Waals surface area contributed by atoms with E-state index in [0.29, 0.717) is 12.2 Å². The molecular weight excluding hydrogens is 306 g/mol. The second-order valence-corrected chi connectivity index (χ2v) is 5.65. The van der Waals surface area contributed by atoms with Gasteiger partial charge in [0, 0.05) is 18.7 Å². The summed E-state index contributed by atoms with van der Waals surface area (Å²) in [6, 6.07) is 13.9. The standard InChI is InChI=1S/C18H21N3O3/c1-12-5-7-13(8-6-12)11-20-17(22)16(21-18(23)24)10-14-3-2-4-15(19)9-14/h2-9,16,21H,10-11,19H2,1H3,(H,20,22)(H,23,24). The van der Waals surface area contributed by atoms with E-state index in [-0.39, 0.29) is 12.3 Å². The quantitative estimate of drug-likeness (QED) is 0.610. The van der Waals surface area contributed by atoms with Crippen LogP contribution in [-0.4, -0.2) is 23.1 Å². The molecule has 2 aromatic rings. The molecule has 2 aromatic carbocycles. The van der Waals surface area contributed by atoms with Crippen LogP contribution in [0.5, 0.6) is 0 Å². The highest BCUT2D eigenvalue weighted by atomic mass is 16.4. The van der Waals surface area contributed by atoms with Crippen LogP contribution in [0.2, 0.25) is 0 Å². The van der Waals surface area contributed by atoms with Crippen LogP contribution in [-0.2, 0) is 17.8 Å². The molecule has 0 heterocycles. The molecule has 5 N–H and O–H groups in total. The Bertz CT molecular complexity index is 714. The first-order chi connectivity index (χ1) is 11.4. The van der Waals surface area contributed by atoms with Gasteiger partial charge >= 0.3 is 6.09 Å². The predicted molar refractivity (Wildman–Crippen MR) is 92.5 cm³/mol. The Morgan fingerprint density at radius 2 is 1.83 bits per heavy atom. The second kappa shape index (κ2) is 8.01. The fourth-order valence-corrected chi connectivity index (χ4v) is 2.33. The van der Waals surface area contributed by atoms with Gasteiger partial charge in [0.25, 0.3) is 0 Å². The van der Waals surface area contributed by atoms with Gasteiger partial charge in [-0.15, -0.1) is 0 Å². The van der Waals surface area contributed by atoms with E-state index in [2.05, 4.69) is 10.6 Å². The van der Waals surface area contributed by atoms with Gasteiger partial charge in [0.15, 0.2) is 0 Å². The highest BCUT2D eigenvalue weighted by Gasteiger charge is 2.20. The maximum Gasteiger partial charge on any atom is 0.405 e. The molecule has 1 atom stereocenters. The van der Waals surface area contributed by atoms with Crippen LogP contribution in [0.15, 0.2) is 48.5 Å². The van der Waals surface area contributed by atoms with E-state index in [1.165, 1.54) is 0 Å². The third kappa shape index (κ3) is 5.31. The number of amides is 2. The lowest BCUT2D eigenvalue weighted by Gasteiger charge is -2.17. The van der Waals surface area contributed by atoms with Gasteiger partial charge in [-0.2, -0.15) is 0 Å². The first-order valence-electron chi connectivity index (χ1n) is 7.61. The number of anilines is 1.